The van der Waals surface area contributed by atoms with E-state index >= 15 is 0 Å². The molecule has 4 heteroatoms. The number of amides is 1. The number of aliphatic hydroxyl groups excluding tert-OH is 1. The van der Waals surface area contributed by atoms with Gasteiger partial charge in [-0.2, -0.15) is 0 Å². The summed E-state index contributed by atoms with van der Waals surface area (Å²) in [6.45, 7) is 1.87. The molecule has 1 heterocycles. The lowest BCUT2D eigenvalue weighted by Gasteiger charge is -2.20. The number of aliphatic hydroxyl groups is 1. The van der Waals surface area contributed by atoms with Crippen LogP contribution in [-0.2, 0) is 4.79 Å². The van der Waals surface area contributed by atoms with Gasteiger partial charge in [-0.1, -0.05) is 43.7 Å². The van der Waals surface area contributed by atoms with E-state index in [9.17, 15) is 9.90 Å². The maximum Gasteiger partial charge on any atom is 0.228 e. The van der Waals surface area contributed by atoms with Gasteiger partial charge in [-0.15, -0.1) is 0 Å². The molecule has 0 saturated carbocycles. The normalized spacial score (nSPS) is 13.6. The highest BCUT2D eigenvalue weighted by molar-refractivity contribution is 5.83. The summed E-state index contributed by atoms with van der Waals surface area (Å²) < 4.78 is 5.26. The number of carbonyl (C=O) groups is 1. The number of benzene rings is 1. The Morgan fingerprint density at radius 2 is 2.00 bits per heavy atom. The van der Waals surface area contributed by atoms with E-state index in [1.54, 1.807) is 12.1 Å². The predicted molar refractivity (Wildman–Crippen MR) is 80.8 cm³/mol. The molecule has 0 fully saturated rings. The van der Waals surface area contributed by atoms with Gasteiger partial charge in [0, 0.05) is 0 Å². The van der Waals surface area contributed by atoms with Crippen LogP contribution in [0.4, 0.5) is 0 Å². The summed E-state index contributed by atoms with van der Waals surface area (Å²) in [6, 6.07) is 12.7. The summed E-state index contributed by atoms with van der Waals surface area (Å²) in [5, 5.41) is 12.3. The minimum atomic E-state index is -0.504. The van der Waals surface area contributed by atoms with Crippen molar-refractivity contribution in [2.75, 3.05) is 6.61 Å². The van der Waals surface area contributed by atoms with Gasteiger partial charge in [0.1, 0.15) is 11.8 Å². The summed E-state index contributed by atoms with van der Waals surface area (Å²) in [7, 11) is 0. The zero-order valence-electron chi connectivity index (χ0n) is 12.2. The molecular formula is C17H21NO3. The molecule has 1 aromatic carbocycles. The van der Waals surface area contributed by atoms with Gasteiger partial charge in [0.15, 0.2) is 0 Å². The molecule has 1 amide bonds. The van der Waals surface area contributed by atoms with Crippen molar-refractivity contribution in [2.45, 2.75) is 31.7 Å². The molecule has 0 saturated heterocycles. The topological polar surface area (TPSA) is 62.5 Å². The summed E-state index contributed by atoms with van der Waals surface area (Å²) in [6.07, 6.45) is 3.22. The first-order chi connectivity index (χ1) is 10.3. The van der Waals surface area contributed by atoms with E-state index in [0.29, 0.717) is 5.76 Å². The lowest BCUT2D eigenvalue weighted by Crippen LogP contribution is -2.34. The summed E-state index contributed by atoms with van der Waals surface area (Å²) in [5.74, 6) is 0.271. The standard InChI is InChI=1S/C17H21NO3/c1-2-7-14(13-8-4-3-5-9-13)17(20)18-15(12-19)16-10-6-11-21-16/h3-6,8-11,14-15,19H,2,7,12H2,1H3,(H,18,20). The molecule has 0 bridgehead atoms. The fourth-order valence-electron chi connectivity index (χ4n) is 2.39. The van der Waals surface area contributed by atoms with Crippen molar-refractivity contribution in [2.24, 2.45) is 0 Å². The van der Waals surface area contributed by atoms with Crippen molar-refractivity contribution in [3.8, 4) is 0 Å². The van der Waals surface area contributed by atoms with Gasteiger partial charge in [-0.05, 0) is 24.1 Å². The van der Waals surface area contributed by atoms with Crippen molar-refractivity contribution >= 4 is 5.91 Å². The molecule has 0 aliphatic carbocycles. The Labute approximate surface area is 124 Å². The highest BCUT2D eigenvalue weighted by Crippen LogP contribution is 2.23. The summed E-state index contributed by atoms with van der Waals surface area (Å²) in [4.78, 5) is 12.5. The average Bonchev–Trinajstić information content (AvgIpc) is 3.05. The maximum absolute atomic E-state index is 12.5. The Morgan fingerprint density at radius 1 is 1.24 bits per heavy atom. The third-order valence-corrected chi connectivity index (χ3v) is 3.48. The van der Waals surface area contributed by atoms with Crippen LogP contribution in [0.15, 0.2) is 53.1 Å². The van der Waals surface area contributed by atoms with Crippen LogP contribution in [0.25, 0.3) is 0 Å². The van der Waals surface area contributed by atoms with Crippen molar-refractivity contribution in [1.82, 2.24) is 5.32 Å². The number of rotatable bonds is 7. The van der Waals surface area contributed by atoms with Gasteiger partial charge in [-0.3, -0.25) is 4.79 Å². The van der Waals surface area contributed by atoms with Crippen LogP contribution >= 0.6 is 0 Å². The molecule has 0 radical (unpaired) electrons. The second kappa shape index (κ2) is 7.64. The average molecular weight is 287 g/mol. The van der Waals surface area contributed by atoms with E-state index in [1.165, 1.54) is 6.26 Å². The van der Waals surface area contributed by atoms with E-state index in [0.717, 1.165) is 18.4 Å². The fourth-order valence-corrected chi connectivity index (χ4v) is 2.39. The minimum Gasteiger partial charge on any atom is -0.467 e. The highest BCUT2D eigenvalue weighted by atomic mass is 16.3. The van der Waals surface area contributed by atoms with Crippen molar-refractivity contribution in [1.29, 1.82) is 0 Å². The zero-order chi connectivity index (χ0) is 15.1. The van der Waals surface area contributed by atoms with Crippen LogP contribution < -0.4 is 5.32 Å². The molecule has 2 atom stereocenters. The van der Waals surface area contributed by atoms with Gasteiger partial charge in [0.25, 0.3) is 0 Å². The molecule has 112 valence electrons. The molecule has 2 rings (SSSR count). The molecule has 4 nitrogen and oxygen atoms in total. The molecule has 0 spiro atoms. The third-order valence-electron chi connectivity index (χ3n) is 3.48. The van der Waals surface area contributed by atoms with Crippen LogP contribution in [0.3, 0.4) is 0 Å². The largest absolute Gasteiger partial charge is 0.467 e. The third kappa shape index (κ3) is 3.95. The lowest BCUT2D eigenvalue weighted by molar-refractivity contribution is -0.124. The number of nitrogens with one attached hydrogen (secondary N) is 1. The molecule has 0 aliphatic rings. The Morgan fingerprint density at radius 3 is 2.57 bits per heavy atom. The van der Waals surface area contributed by atoms with E-state index in [4.69, 9.17) is 4.42 Å². The van der Waals surface area contributed by atoms with Crippen molar-refractivity contribution in [3.05, 3.63) is 60.1 Å². The SMILES string of the molecule is CCCC(C(=O)NC(CO)c1ccco1)c1ccccc1. The quantitative estimate of drug-likeness (QED) is 0.823. The van der Waals surface area contributed by atoms with E-state index in [1.807, 2.05) is 30.3 Å². The van der Waals surface area contributed by atoms with Gasteiger partial charge < -0.3 is 14.8 Å². The van der Waals surface area contributed by atoms with E-state index in [2.05, 4.69) is 12.2 Å². The van der Waals surface area contributed by atoms with Crippen LogP contribution in [0, 0.1) is 0 Å². The molecule has 2 unspecified atom stereocenters. The van der Waals surface area contributed by atoms with Gasteiger partial charge in [-0.25, -0.2) is 0 Å². The Bertz CT molecular complexity index is 536. The van der Waals surface area contributed by atoms with Gasteiger partial charge in [0.05, 0.1) is 18.8 Å². The van der Waals surface area contributed by atoms with Crippen LogP contribution in [0.1, 0.15) is 43.0 Å². The molecule has 0 aliphatic heterocycles. The second-order valence-corrected chi connectivity index (χ2v) is 5.01. The van der Waals surface area contributed by atoms with Crippen LogP contribution in [0.2, 0.25) is 0 Å². The number of carbonyl (C=O) groups excluding carboxylic acids is 1. The predicted octanol–water partition coefficient (Wildman–Crippen LogP) is 3.01. The molecular weight excluding hydrogens is 266 g/mol. The van der Waals surface area contributed by atoms with Crippen molar-refractivity contribution in [3.63, 3.8) is 0 Å². The zero-order valence-corrected chi connectivity index (χ0v) is 12.2. The molecule has 21 heavy (non-hydrogen) atoms. The van der Waals surface area contributed by atoms with Gasteiger partial charge in [0.2, 0.25) is 5.91 Å². The first-order valence-electron chi connectivity index (χ1n) is 7.25. The van der Waals surface area contributed by atoms with E-state index in [-0.39, 0.29) is 18.4 Å². The molecule has 2 aromatic rings. The number of furan rings is 1. The van der Waals surface area contributed by atoms with Gasteiger partial charge >= 0.3 is 0 Å². The van der Waals surface area contributed by atoms with E-state index < -0.39 is 6.04 Å². The first-order valence-corrected chi connectivity index (χ1v) is 7.25. The Hall–Kier alpha value is -2.07. The molecule has 1 aromatic heterocycles. The second-order valence-electron chi connectivity index (χ2n) is 5.01. The summed E-state index contributed by atoms with van der Waals surface area (Å²) >= 11 is 0. The molecule has 2 N–H and O–H groups in total. The van der Waals surface area contributed by atoms with Crippen molar-refractivity contribution < 1.29 is 14.3 Å². The summed E-state index contributed by atoms with van der Waals surface area (Å²) in [5.41, 5.74) is 0.994. The fraction of sp³-hybridized carbons (Fsp3) is 0.353. The lowest BCUT2D eigenvalue weighted by atomic mass is 9.93. The minimum absolute atomic E-state index is 0.0847. The Balaban J connectivity index is 2.11. The first kappa shape index (κ1) is 15.3. The monoisotopic (exact) mass is 287 g/mol. The number of hydrogen-bond acceptors (Lipinski definition) is 3. The Kier molecular flexibility index (Phi) is 5.58. The maximum atomic E-state index is 12.5. The van der Waals surface area contributed by atoms with Crippen LogP contribution in [0.5, 0.6) is 0 Å². The number of hydrogen-bond donors (Lipinski definition) is 2. The highest BCUT2D eigenvalue weighted by Gasteiger charge is 2.23. The smallest absolute Gasteiger partial charge is 0.228 e. The van der Waals surface area contributed by atoms with Crippen LogP contribution in [-0.4, -0.2) is 17.6 Å².